The Morgan fingerprint density at radius 2 is 2.09 bits per heavy atom. The molecule has 0 aliphatic heterocycles. The van der Waals surface area contributed by atoms with Gasteiger partial charge in [-0.25, -0.2) is 0 Å². The van der Waals surface area contributed by atoms with Crippen LogP contribution in [-0.2, 0) is 0 Å². The Labute approximate surface area is 69.7 Å². The molecular formula is C10H19N. The normalized spacial score (nSPS) is 38.1. The van der Waals surface area contributed by atoms with Gasteiger partial charge in [-0.15, -0.1) is 0 Å². The number of hydrogen-bond acceptors (Lipinski definition) is 1. The molecule has 1 aliphatic carbocycles. The van der Waals surface area contributed by atoms with E-state index in [9.17, 15) is 0 Å². The maximum absolute atomic E-state index is 6.02. The topological polar surface area (TPSA) is 26.0 Å². The molecule has 0 bridgehead atoms. The summed E-state index contributed by atoms with van der Waals surface area (Å²) in [4.78, 5) is 0. The number of nitrogens with two attached hydrogens (primary N) is 1. The first-order valence-electron chi connectivity index (χ1n) is 4.55. The second kappa shape index (κ2) is 3.40. The molecule has 0 amide bonds. The van der Waals surface area contributed by atoms with Crippen molar-refractivity contribution in [2.45, 2.75) is 33.2 Å². The number of rotatable bonds is 1. The van der Waals surface area contributed by atoms with E-state index in [4.69, 9.17) is 5.73 Å². The molecule has 11 heavy (non-hydrogen) atoms. The van der Waals surface area contributed by atoms with Crippen LogP contribution in [0.15, 0.2) is 12.2 Å². The van der Waals surface area contributed by atoms with Crippen molar-refractivity contribution in [3.05, 3.63) is 12.2 Å². The molecule has 1 aliphatic rings. The van der Waals surface area contributed by atoms with Crippen LogP contribution in [-0.4, -0.2) is 6.04 Å². The van der Waals surface area contributed by atoms with Crippen LogP contribution < -0.4 is 5.73 Å². The third-order valence-corrected chi connectivity index (χ3v) is 2.72. The molecule has 0 spiro atoms. The van der Waals surface area contributed by atoms with Gasteiger partial charge in [0, 0.05) is 6.04 Å². The second-order valence-corrected chi connectivity index (χ2v) is 4.01. The molecule has 0 fully saturated rings. The maximum Gasteiger partial charge on any atom is 0.0110 e. The highest BCUT2D eigenvalue weighted by atomic mass is 14.7. The summed E-state index contributed by atoms with van der Waals surface area (Å²) in [6, 6.07) is 0.384. The Morgan fingerprint density at radius 3 is 2.45 bits per heavy atom. The smallest absolute Gasteiger partial charge is 0.0110 e. The van der Waals surface area contributed by atoms with Crippen LogP contribution in [0.3, 0.4) is 0 Å². The summed E-state index contributed by atoms with van der Waals surface area (Å²) in [6.45, 7) is 6.79. The van der Waals surface area contributed by atoms with E-state index in [1.54, 1.807) is 0 Å². The molecule has 3 unspecified atom stereocenters. The molecule has 1 nitrogen and oxygen atoms in total. The van der Waals surface area contributed by atoms with Gasteiger partial charge in [-0.1, -0.05) is 32.9 Å². The Morgan fingerprint density at radius 1 is 1.45 bits per heavy atom. The molecule has 1 rings (SSSR count). The van der Waals surface area contributed by atoms with Crippen molar-refractivity contribution in [1.82, 2.24) is 0 Å². The van der Waals surface area contributed by atoms with Crippen molar-refractivity contribution in [1.29, 1.82) is 0 Å². The van der Waals surface area contributed by atoms with Gasteiger partial charge in [0.15, 0.2) is 0 Å². The Kier molecular flexibility index (Phi) is 2.72. The number of hydrogen-bond donors (Lipinski definition) is 1. The highest BCUT2D eigenvalue weighted by Crippen LogP contribution is 2.29. The van der Waals surface area contributed by atoms with Crippen LogP contribution in [0.1, 0.15) is 27.2 Å². The van der Waals surface area contributed by atoms with E-state index in [-0.39, 0.29) is 0 Å². The predicted octanol–water partition coefficient (Wildman–Crippen LogP) is 2.18. The molecule has 0 saturated carbocycles. The molecule has 3 atom stereocenters. The maximum atomic E-state index is 6.02. The summed E-state index contributed by atoms with van der Waals surface area (Å²) < 4.78 is 0. The third-order valence-electron chi connectivity index (χ3n) is 2.72. The quantitative estimate of drug-likeness (QED) is 0.574. The van der Waals surface area contributed by atoms with Crippen molar-refractivity contribution in [3.63, 3.8) is 0 Å². The molecule has 1 heteroatoms. The second-order valence-electron chi connectivity index (χ2n) is 4.01. The fourth-order valence-electron chi connectivity index (χ4n) is 2.23. The summed E-state index contributed by atoms with van der Waals surface area (Å²) in [7, 11) is 0. The van der Waals surface area contributed by atoms with E-state index >= 15 is 0 Å². The van der Waals surface area contributed by atoms with Gasteiger partial charge >= 0.3 is 0 Å². The van der Waals surface area contributed by atoms with Gasteiger partial charge in [0.2, 0.25) is 0 Å². The SMILES string of the molecule is CC(C)C1C(C)C=CCC1N. The lowest BCUT2D eigenvalue weighted by Crippen LogP contribution is -2.38. The largest absolute Gasteiger partial charge is 0.327 e. The van der Waals surface area contributed by atoms with Gasteiger partial charge in [0.1, 0.15) is 0 Å². The Hall–Kier alpha value is -0.300. The first kappa shape index (κ1) is 8.79. The molecule has 0 aromatic carbocycles. The van der Waals surface area contributed by atoms with Gasteiger partial charge in [-0.3, -0.25) is 0 Å². The fraction of sp³-hybridized carbons (Fsp3) is 0.800. The van der Waals surface area contributed by atoms with Crippen LogP contribution >= 0.6 is 0 Å². The van der Waals surface area contributed by atoms with Crippen LogP contribution in [0, 0.1) is 17.8 Å². The van der Waals surface area contributed by atoms with E-state index < -0.39 is 0 Å². The van der Waals surface area contributed by atoms with Crippen molar-refractivity contribution in [2.75, 3.05) is 0 Å². The van der Waals surface area contributed by atoms with E-state index in [0.29, 0.717) is 23.8 Å². The summed E-state index contributed by atoms with van der Waals surface area (Å²) in [5, 5.41) is 0. The van der Waals surface area contributed by atoms with E-state index in [1.165, 1.54) is 0 Å². The lowest BCUT2D eigenvalue weighted by atomic mass is 9.75. The minimum atomic E-state index is 0.384. The third kappa shape index (κ3) is 1.84. The van der Waals surface area contributed by atoms with E-state index in [1.807, 2.05) is 0 Å². The zero-order valence-electron chi connectivity index (χ0n) is 7.75. The monoisotopic (exact) mass is 153 g/mol. The molecular weight excluding hydrogens is 134 g/mol. The van der Waals surface area contributed by atoms with E-state index in [0.717, 1.165) is 6.42 Å². The molecule has 0 heterocycles. The van der Waals surface area contributed by atoms with Gasteiger partial charge in [-0.2, -0.15) is 0 Å². The molecule has 0 aromatic rings. The summed E-state index contributed by atoms with van der Waals surface area (Å²) >= 11 is 0. The van der Waals surface area contributed by atoms with Crippen LogP contribution in [0.25, 0.3) is 0 Å². The van der Waals surface area contributed by atoms with Crippen molar-refractivity contribution < 1.29 is 0 Å². The first-order chi connectivity index (χ1) is 5.13. The molecule has 0 saturated heterocycles. The lowest BCUT2D eigenvalue weighted by molar-refractivity contribution is 0.247. The van der Waals surface area contributed by atoms with Gasteiger partial charge in [0.05, 0.1) is 0 Å². The standard InChI is InChI=1S/C10H19N/c1-7(2)10-8(3)5-4-6-9(10)11/h4-5,7-10H,6,11H2,1-3H3. The zero-order valence-corrected chi connectivity index (χ0v) is 7.75. The molecule has 64 valence electrons. The lowest BCUT2D eigenvalue weighted by Gasteiger charge is -2.33. The average Bonchev–Trinajstić information content (AvgIpc) is 1.85. The first-order valence-corrected chi connectivity index (χ1v) is 4.55. The summed E-state index contributed by atoms with van der Waals surface area (Å²) in [6.07, 6.45) is 5.58. The summed E-state index contributed by atoms with van der Waals surface area (Å²) in [5.41, 5.74) is 6.02. The molecule has 2 N–H and O–H groups in total. The summed E-state index contributed by atoms with van der Waals surface area (Å²) in [5.74, 6) is 2.06. The van der Waals surface area contributed by atoms with Gasteiger partial charge in [0.25, 0.3) is 0 Å². The molecule has 0 aromatic heterocycles. The predicted molar refractivity (Wildman–Crippen MR) is 49.2 cm³/mol. The Bertz CT molecular complexity index is 149. The van der Waals surface area contributed by atoms with Crippen LogP contribution in [0.5, 0.6) is 0 Å². The minimum absolute atomic E-state index is 0.384. The number of allylic oxidation sites excluding steroid dienone is 1. The van der Waals surface area contributed by atoms with Crippen LogP contribution in [0.4, 0.5) is 0 Å². The molecule has 0 radical (unpaired) electrons. The van der Waals surface area contributed by atoms with Crippen molar-refractivity contribution >= 4 is 0 Å². The zero-order chi connectivity index (χ0) is 8.43. The minimum Gasteiger partial charge on any atom is -0.327 e. The van der Waals surface area contributed by atoms with Crippen LogP contribution in [0.2, 0.25) is 0 Å². The highest BCUT2D eigenvalue weighted by Gasteiger charge is 2.27. The van der Waals surface area contributed by atoms with E-state index in [2.05, 4.69) is 32.9 Å². The van der Waals surface area contributed by atoms with Gasteiger partial charge < -0.3 is 5.73 Å². The average molecular weight is 153 g/mol. The Balaban J connectivity index is 2.67. The van der Waals surface area contributed by atoms with Crippen molar-refractivity contribution in [3.8, 4) is 0 Å². The van der Waals surface area contributed by atoms with Crippen molar-refractivity contribution in [2.24, 2.45) is 23.5 Å². The fourth-order valence-corrected chi connectivity index (χ4v) is 2.23. The van der Waals surface area contributed by atoms with Gasteiger partial charge in [-0.05, 0) is 24.2 Å². The highest BCUT2D eigenvalue weighted by molar-refractivity contribution is 5.01.